The van der Waals surface area contributed by atoms with E-state index in [0.717, 1.165) is 39.0 Å². The smallest absolute Gasteiger partial charge is 0.223 e. The summed E-state index contributed by atoms with van der Waals surface area (Å²) in [7, 11) is 0. The van der Waals surface area contributed by atoms with Gasteiger partial charge in [0.25, 0.3) is 0 Å². The van der Waals surface area contributed by atoms with Crippen LogP contribution in [0.5, 0.6) is 0 Å². The van der Waals surface area contributed by atoms with E-state index < -0.39 is 0 Å². The average molecular weight is 253 g/mol. The van der Waals surface area contributed by atoms with Crippen LogP contribution in [0.15, 0.2) is 0 Å². The molecule has 4 heteroatoms. The lowest BCUT2D eigenvalue weighted by Gasteiger charge is -2.18. The molecule has 18 heavy (non-hydrogen) atoms. The maximum absolute atomic E-state index is 11.7. The molecule has 0 unspecified atom stereocenters. The molecule has 0 aliphatic carbocycles. The zero-order valence-electron chi connectivity index (χ0n) is 12.3. The summed E-state index contributed by atoms with van der Waals surface area (Å²) >= 11 is 0. The van der Waals surface area contributed by atoms with Crippen molar-refractivity contribution >= 4 is 5.91 Å². The number of hydrogen-bond donors (Lipinski definition) is 1. The van der Waals surface area contributed by atoms with Gasteiger partial charge in [-0.05, 0) is 47.1 Å². The number of carbonyl (C=O) groups excluding carboxylic acids is 1. The summed E-state index contributed by atoms with van der Waals surface area (Å²) in [6.07, 6.45) is 2.42. The van der Waals surface area contributed by atoms with Crippen LogP contribution in [0.2, 0.25) is 0 Å². The minimum absolute atomic E-state index is 0.213. The third-order valence-corrected chi connectivity index (χ3v) is 3.09. The highest BCUT2D eigenvalue weighted by Gasteiger charge is 2.15. The maximum atomic E-state index is 11.7. The van der Waals surface area contributed by atoms with Crippen LogP contribution in [-0.2, 0) is 4.79 Å². The molecular weight excluding hydrogens is 226 g/mol. The van der Waals surface area contributed by atoms with Gasteiger partial charge < -0.3 is 10.2 Å². The van der Waals surface area contributed by atoms with E-state index in [-0.39, 0.29) is 11.3 Å². The lowest BCUT2D eigenvalue weighted by molar-refractivity contribution is -0.130. The summed E-state index contributed by atoms with van der Waals surface area (Å²) in [6.45, 7) is 11.1. The standard InChI is InChI=1S/C14H27N3O/c1-5-17(6-2)13(18)8-11-16-10-7-9-14(3,4)12-15/h16H,5-11H2,1-4H3. The van der Waals surface area contributed by atoms with Crippen molar-refractivity contribution < 1.29 is 4.79 Å². The summed E-state index contributed by atoms with van der Waals surface area (Å²) in [4.78, 5) is 13.5. The number of rotatable bonds is 9. The second kappa shape index (κ2) is 8.93. The SMILES string of the molecule is CCN(CC)C(=O)CCNCCCC(C)(C)C#N. The van der Waals surface area contributed by atoms with Gasteiger partial charge >= 0.3 is 0 Å². The van der Waals surface area contributed by atoms with E-state index >= 15 is 0 Å². The lowest BCUT2D eigenvalue weighted by Crippen LogP contribution is -2.33. The van der Waals surface area contributed by atoms with Gasteiger partial charge in [0.1, 0.15) is 0 Å². The molecule has 0 heterocycles. The molecule has 104 valence electrons. The van der Waals surface area contributed by atoms with Crippen molar-refractivity contribution in [1.82, 2.24) is 10.2 Å². The number of amides is 1. The van der Waals surface area contributed by atoms with Crippen molar-refractivity contribution in [2.75, 3.05) is 26.2 Å². The summed E-state index contributed by atoms with van der Waals surface area (Å²) in [5.74, 6) is 0.213. The molecule has 1 amide bonds. The molecule has 0 saturated carbocycles. The van der Waals surface area contributed by atoms with Crippen molar-refractivity contribution in [1.29, 1.82) is 5.26 Å². The monoisotopic (exact) mass is 253 g/mol. The van der Waals surface area contributed by atoms with E-state index in [9.17, 15) is 4.79 Å². The quantitative estimate of drug-likeness (QED) is 0.641. The van der Waals surface area contributed by atoms with Crippen LogP contribution in [0.25, 0.3) is 0 Å². The molecule has 0 aromatic rings. The van der Waals surface area contributed by atoms with E-state index in [2.05, 4.69) is 11.4 Å². The second-order valence-corrected chi connectivity index (χ2v) is 5.17. The van der Waals surface area contributed by atoms with Crippen molar-refractivity contribution in [3.05, 3.63) is 0 Å². The summed E-state index contributed by atoms with van der Waals surface area (Å²) in [6, 6.07) is 2.29. The van der Waals surface area contributed by atoms with Gasteiger partial charge in [0.2, 0.25) is 5.91 Å². The van der Waals surface area contributed by atoms with E-state index in [1.807, 2.05) is 32.6 Å². The predicted octanol–water partition coefficient (Wildman–Crippen LogP) is 2.16. The minimum Gasteiger partial charge on any atom is -0.343 e. The fourth-order valence-electron chi connectivity index (χ4n) is 1.77. The topological polar surface area (TPSA) is 56.1 Å². The van der Waals surface area contributed by atoms with Crippen molar-refractivity contribution in [3.8, 4) is 6.07 Å². The fraction of sp³-hybridized carbons (Fsp3) is 0.857. The molecule has 0 rings (SSSR count). The molecule has 1 N–H and O–H groups in total. The van der Waals surface area contributed by atoms with Gasteiger partial charge in [0, 0.05) is 26.1 Å². The summed E-state index contributed by atoms with van der Waals surface area (Å²) in [5, 5.41) is 12.1. The van der Waals surface area contributed by atoms with Crippen molar-refractivity contribution in [2.45, 2.75) is 47.0 Å². The van der Waals surface area contributed by atoms with Crippen LogP contribution in [0, 0.1) is 16.7 Å². The Balaban J connectivity index is 3.58. The van der Waals surface area contributed by atoms with Gasteiger partial charge in [-0.2, -0.15) is 5.26 Å². The lowest BCUT2D eigenvalue weighted by atomic mass is 9.90. The van der Waals surface area contributed by atoms with Crippen LogP contribution >= 0.6 is 0 Å². The van der Waals surface area contributed by atoms with Crippen LogP contribution in [0.3, 0.4) is 0 Å². The molecule has 0 aromatic carbocycles. The largest absolute Gasteiger partial charge is 0.343 e. The highest BCUT2D eigenvalue weighted by Crippen LogP contribution is 2.19. The van der Waals surface area contributed by atoms with Crippen LogP contribution in [-0.4, -0.2) is 37.0 Å². The first-order valence-corrected chi connectivity index (χ1v) is 6.86. The van der Waals surface area contributed by atoms with Crippen LogP contribution < -0.4 is 5.32 Å². The zero-order valence-corrected chi connectivity index (χ0v) is 12.3. The van der Waals surface area contributed by atoms with Gasteiger partial charge in [-0.1, -0.05) is 0 Å². The van der Waals surface area contributed by atoms with Gasteiger partial charge in [-0.25, -0.2) is 0 Å². The zero-order chi connectivity index (χ0) is 14.0. The highest BCUT2D eigenvalue weighted by atomic mass is 16.2. The van der Waals surface area contributed by atoms with Crippen molar-refractivity contribution in [3.63, 3.8) is 0 Å². The Bertz CT molecular complexity index is 277. The Morgan fingerprint density at radius 3 is 2.39 bits per heavy atom. The highest BCUT2D eigenvalue weighted by molar-refractivity contribution is 5.76. The van der Waals surface area contributed by atoms with Crippen LogP contribution in [0.4, 0.5) is 0 Å². The van der Waals surface area contributed by atoms with Crippen LogP contribution in [0.1, 0.15) is 47.0 Å². The van der Waals surface area contributed by atoms with Gasteiger partial charge in [0.05, 0.1) is 11.5 Å². The maximum Gasteiger partial charge on any atom is 0.223 e. The number of nitrogens with zero attached hydrogens (tertiary/aromatic N) is 2. The number of hydrogen-bond acceptors (Lipinski definition) is 3. The Morgan fingerprint density at radius 2 is 1.89 bits per heavy atom. The van der Waals surface area contributed by atoms with Crippen molar-refractivity contribution in [2.24, 2.45) is 5.41 Å². The second-order valence-electron chi connectivity index (χ2n) is 5.17. The molecule has 0 aliphatic rings. The Hall–Kier alpha value is -1.08. The molecule has 0 radical (unpaired) electrons. The molecular formula is C14H27N3O. The van der Waals surface area contributed by atoms with E-state index in [1.54, 1.807) is 0 Å². The molecule has 0 atom stereocenters. The average Bonchev–Trinajstić information content (AvgIpc) is 2.35. The number of carbonyl (C=O) groups is 1. The molecule has 4 nitrogen and oxygen atoms in total. The minimum atomic E-state index is -0.237. The van der Waals surface area contributed by atoms with Gasteiger partial charge in [0.15, 0.2) is 0 Å². The third kappa shape index (κ3) is 7.29. The van der Waals surface area contributed by atoms with E-state index in [0.29, 0.717) is 6.42 Å². The van der Waals surface area contributed by atoms with E-state index in [4.69, 9.17) is 5.26 Å². The summed E-state index contributed by atoms with van der Waals surface area (Å²) in [5.41, 5.74) is -0.237. The predicted molar refractivity (Wildman–Crippen MR) is 74.0 cm³/mol. The molecule has 0 bridgehead atoms. The fourth-order valence-corrected chi connectivity index (χ4v) is 1.77. The summed E-state index contributed by atoms with van der Waals surface area (Å²) < 4.78 is 0. The van der Waals surface area contributed by atoms with E-state index in [1.165, 1.54) is 0 Å². The Labute approximate surface area is 111 Å². The first-order valence-electron chi connectivity index (χ1n) is 6.86. The Morgan fingerprint density at radius 1 is 1.28 bits per heavy atom. The third-order valence-electron chi connectivity index (χ3n) is 3.09. The first kappa shape index (κ1) is 16.9. The molecule has 0 aliphatic heterocycles. The molecule has 0 aromatic heterocycles. The number of nitrogens with one attached hydrogen (secondary N) is 1. The van der Waals surface area contributed by atoms with Gasteiger partial charge in [-0.15, -0.1) is 0 Å². The normalized spacial score (nSPS) is 11.1. The molecule has 0 spiro atoms. The number of nitriles is 1. The van der Waals surface area contributed by atoms with Gasteiger partial charge in [-0.3, -0.25) is 4.79 Å². The molecule has 0 saturated heterocycles. The molecule has 0 fully saturated rings. The first-order chi connectivity index (χ1) is 8.46. The Kier molecular flexibility index (Phi) is 8.40.